The fourth-order valence-electron chi connectivity index (χ4n) is 2.35. The summed E-state index contributed by atoms with van der Waals surface area (Å²) in [6.07, 6.45) is -1.41. The van der Waals surface area contributed by atoms with Crippen LogP contribution in [0.1, 0.15) is 6.92 Å². The lowest BCUT2D eigenvalue weighted by molar-refractivity contribution is -0.132. The molecule has 2 aromatic carbocycles. The molecule has 7 nitrogen and oxygen atoms in total. The fraction of sp³-hybridized carbons (Fsp3) is 0.0588. The summed E-state index contributed by atoms with van der Waals surface area (Å²) >= 11 is 0. The minimum Gasteiger partial charge on any atom is -0.502 e. The Kier molecular flexibility index (Phi) is 3.83. The van der Waals surface area contributed by atoms with Crippen molar-refractivity contribution in [2.75, 3.05) is 5.32 Å². The first-order valence-electron chi connectivity index (χ1n) is 6.99. The van der Waals surface area contributed by atoms with E-state index in [1.807, 2.05) is 35.6 Å². The quantitative estimate of drug-likeness (QED) is 0.631. The number of hydrogen-bond acceptors (Lipinski definition) is 5. The number of benzene rings is 2. The van der Waals surface area contributed by atoms with Gasteiger partial charge >= 0.3 is 12.1 Å². The number of carbonyl (C=O) groups is 2. The largest absolute Gasteiger partial charge is 0.502 e. The lowest BCUT2D eigenvalue weighted by Crippen LogP contribution is -2.09. The monoisotopic (exact) mass is 327 g/mol. The highest BCUT2D eigenvalue weighted by Crippen LogP contribution is 2.46. The Morgan fingerprint density at radius 2 is 1.83 bits per heavy atom. The standard InChI is InChI=1S/C17H13NO6/c1-9(19)23-15-13(20)14(24-16(15)18-17(21)22)12-7-6-10-4-2-3-5-11(10)8-12/h2-8,18,20H,1H3,(H,21,22). The second-order valence-corrected chi connectivity index (χ2v) is 5.02. The van der Waals surface area contributed by atoms with Crippen LogP contribution in [-0.4, -0.2) is 22.3 Å². The van der Waals surface area contributed by atoms with Gasteiger partial charge in [0.05, 0.1) is 0 Å². The second-order valence-electron chi connectivity index (χ2n) is 5.02. The topological polar surface area (TPSA) is 109 Å². The maximum Gasteiger partial charge on any atom is 0.411 e. The molecular weight excluding hydrogens is 314 g/mol. The van der Waals surface area contributed by atoms with Crippen molar-refractivity contribution in [1.82, 2.24) is 0 Å². The molecule has 0 saturated carbocycles. The van der Waals surface area contributed by atoms with Crippen LogP contribution in [0.2, 0.25) is 0 Å². The summed E-state index contributed by atoms with van der Waals surface area (Å²) in [5.41, 5.74) is 0.512. The lowest BCUT2D eigenvalue weighted by Gasteiger charge is -2.02. The van der Waals surface area contributed by atoms with Crippen LogP contribution in [0, 0.1) is 0 Å². The molecule has 0 fully saturated rings. The van der Waals surface area contributed by atoms with E-state index in [1.165, 1.54) is 0 Å². The number of furan rings is 1. The number of carboxylic acid groups (broad SMARTS) is 1. The summed E-state index contributed by atoms with van der Waals surface area (Å²) in [5, 5.41) is 23.0. The van der Waals surface area contributed by atoms with Gasteiger partial charge in [-0.1, -0.05) is 36.4 Å². The van der Waals surface area contributed by atoms with Crippen molar-refractivity contribution in [2.24, 2.45) is 0 Å². The van der Waals surface area contributed by atoms with Crippen LogP contribution in [0.25, 0.3) is 22.1 Å². The van der Waals surface area contributed by atoms with E-state index in [0.29, 0.717) is 5.56 Å². The SMILES string of the molecule is CC(=O)Oc1c(NC(=O)O)oc(-c2ccc3ccccc3c2)c1O. The highest BCUT2D eigenvalue weighted by molar-refractivity contribution is 5.91. The van der Waals surface area contributed by atoms with Crippen LogP contribution in [0.3, 0.4) is 0 Å². The van der Waals surface area contributed by atoms with Crippen LogP contribution in [0.4, 0.5) is 10.7 Å². The van der Waals surface area contributed by atoms with Crippen molar-refractivity contribution in [3.05, 3.63) is 42.5 Å². The second kappa shape index (κ2) is 5.96. The van der Waals surface area contributed by atoms with Gasteiger partial charge in [0, 0.05) is 12.5 Å². The van der Waals surface area contributed by atoms with Gasteiger partial charge in [0.1, 0.15) is 0 Å². The van der Waals surface area contributed by atoms with Crippen molar-refractivity contribution in [2.45, 2.75) is 6.92 Å². The van der Waals surface area contributed by atoms with Gasteiger partial charge in [-0.15, -0.1) is 0 Å². The Bertz CT molecular complexity index is 943. The van der Waals surface area contributed by atoms with Crippen molar-refractivity contribution in [3.63, 3.8) is 0 Å². The summed E-state index contributed by atoms with van der Waals surface area (Å²) in [5.74, 6) is -1.90. The molecule has 0 aliphatic carbocycles. The molecule has 0 radical (unpaired) electrons. The predicted molar refractivity (Wildman–Crippen MR) is 86.3 cm³/mol. The Hall–Kier alpha value is -3.48. The van der Waals surface area contributed by atoms with E-state index in [2.05, 4.69) is 0 Å². The van der Waals surface area contributed by atoms with E-state index in [9.17, 15) is 14.7 Å². The molecule has 122 valence electrons. The van der Waals surface area contributed by atoms with Gasteiger partial charge < -0.3 is 19.4 Å². The number of amides is 1. The molecule has 3 rings (SSSR count). The van der Waals surface area contributed by atoms with E-state index < -0.39 is 17.8 Å². The lowest BCUT2D eigenvalue weighted by atomic mass is 10.1. The first-order chi connectivity index (χ1) is 11.5. The summed E-state index contributed by atoms with van der Waals surface area (Å²) in [6.45, 7) is 1.13. The van der Waals surface area contributed by atoms with E-state index in [0.717, 1.165) is 17.7 Å². The van der Waals surface area contributed by atoms with E-state index in [-0.39, 0.29) is 17.4 Å². The number of carbonyl (C=O) groups excluding carboxylic acids is 1. The third kappa shape index (κ3) is 2.87. The van der Waals surface area contributed by atoms with Crippen LogP contribution in [-0.2, 0) is 4.79 Å². The summed E-state index contributed by atoms with van der Waals surface area (Å²) in [7, 11) is 0. The van der Waals surface area contributed by atoms with Crippen molar-refractivity contribution < 1.29 is 29.0 Å². The average molecular weight is 327 g/mol. The number of esters is 1. The predicted octanol–water partition coefficient (Wildman–Crippen LogP) is 3.82. The number of fused-ring (bicyclic) bond motifs is 1. The molecule has 24 heavy (non-hydrogen) atoms. The molecule has 0 atom stereocenters. The smallest absolute Gasteiger partial charge is 0.411 e. The number of anilines is 1. The third-order valence-corrected chi connectivity index (χ3v) is 3.32. The highest BCUT2D eigenvalue weighted by atomic mass is 16.6. The van der Waals surface area contributed by atoms with Gasteiger partial charge in [-0.25, -0.2) is 4.79 Å². The van der Waals surface area contributed by atoms with Crippen LogP contribution in [0.5, 0.6) is 11.5 Å². The maximum atomic E-state index is 11.2. The van der Waals surface area contributed by atoms with Crippen LogP contribution in [0.15, 0.2) is 46.9 Å². The maximum absolute atomic E-state index is 11.2. The normalized spacial score (nSPS) is 10.5. The Labute approximate surface area is 136 Å². The molecule has 0 aliphatic heterocycles. The molecule has 1 aromatic heterocycles. The number of ether oxygens (including phenoxy) is 1. The molecule has 0 unspecified atom stereocenters. The van der Waals surface area contributed by atoms with Crippen molar-refractivity contribution >= 4 is 28.7 Å². The van der Waals surface area contributed by atoms with Gasteiger partial charge in [-0.05, 0) is 16.8 Å². The summed E-state index contributed by atoms with van der Waals surface area (Å²) in [6, 6.07) is 12.9. The number of nitrogens with one attached hydrogen (secondary N) is 1. The molecule has 3 N–H and O–H groups in total. The highest BCUT2D eigenvalue weighted by Gasteiger charge is 2.25. The molecular formula is C17H13NO6. The first-order valence-corrected chi connectivity index (χ1v) is 6.99. The van der Waals surface area contributed by atoms with Crippen molar-refractivity contribution in [3.8, 4) is 22.8 Å². The minimum absolute atomic E-state index is 0.000697. The Morgan fingerprint density at radius 1 is 1.12 bits per heavy atom. The molecule has 0 aliphatic rings. The first kappa shape index (κ1) is 15.4. The number of hydrogen-bond donors (Lipinski definition) is 3. The minimum atomic E-state index is -1.41. The Morgan fingerprint density at radius 3 is 2.50 bits per heavy atom. The Balaban J connectivity index is 2.13. The van der Waals surface area contributed by atoms with Gasteiger partial charge in [-0.2, -0.15) is 0 Å². The van der Waals surface area contributed by atoms with Crippen LogP contribution < -0.4 is 10.1 Å². The molecule has 0 bridgehead atoms. The molecule has 0 spiro atoms. The number of aromatic hydroxyl groups is 1. The van der Waals surface area contributed by atoms with Gasteiger partial charge in [-0.3, -0.25) is 10.1 Å². The average Bonchev–Trinajstić information content (AvgIpc) is 2.82. The van der Waals surface area contributed by atoms with Crippen LogP contribution >= 0.6 is 0 Å². The van der Waals surface area contributed by atoms with E-state index >= 15 is 0 Å². The van der Waals surface area contributed by atoms with E-state index in [4.69, 9.17) is 14.3 Å². The van der Waals surface area contributed by atoms with Gasteiger partial charge in [0.15, 0.2) is 5.76 Å². The van der Waals surface area contributed by atoms with Gasteiger partial charge in [0.25, 0.3) is 5.88 Å². The molecule has 3 aromatic rings. The zero-order chi connectivity index (χ0) is 17.3. The van der Waals surface area contributed by atoms with Crippen molar-refractivity contribution in [1.29, 1.82) is 0 Å². The van der Waals surface area contributed by atoms with Gasteiger partial charge in [0.2, 0.25) is 11.5 Å². The summed E-state index contributed by atoms with van der Waals surface area (Å²) < 4.78 is 10.2. The molecule has 7 heteroatoms. The third-order valence-electron chi connectivity index (χ3n) is 3.32. The molecule has 0 saturated heterocycles. The zero-order valence-corrected chi connectivity index (χ0v) is 12.6. The molecule has 1 heterocycles. The molecule has 1 amide bonds. The number of rotatable bonds is 3. The zero-order valence-electron chi connectivity index (χ0n) is 12.6. The van der Waals surface area contributed by atoms with E-state index in [1.54, 1.807) is 12.1 Å². The fourth-order valence-corrected chi connectivity index (χ4v) is 2.35. The summed E-state index contributed by atoms with van der Waals surface area (Å²) in [4.78, 5) is 22.0.